The Hall–Kier alpha value is -3.30. The highest BCUT2D eigenvalue weighted by Crippen LogP contribution is 2.35. The van der Waals surface area contributed by atoms with Gasteiger partial charge in [0, 0.05) is 11.1 Å². The van der Waals surface area contributed by atoms with Crippen molar-refractivity contribution < 1.29 is 19.0 Å². The van der Waals surface area contributed by atoms with Crippen molar-refractivity contribution in [2.75, 3.05) is 20.3 Å². The quantitative estimate of drug-likeness (QED) is 0.684. The molecule has 0 bridgehead atoms. The van der Waals surface area contributed by atoms with Crippen LogP contribution in [0.15, 0.2) is 54.6 Å². The number of rotatable bonds is 5. The smallest absolute Gasteiger partial charge is 0.251 e. The van der Waals surface area contributed by atoms with Gasteiger partial charge < -0.3 is 19.5 Å². The largest absolute Gasteiger partial charge is 0.497 e. The second kappa shape index (κ2) is 7.85. The number of nitrogens with one attached hydrogen (secondary N) is 1. The van der Waals surface area contributed by atoms with Gasteiger partial charge in [0.2, 0.25) is 0 Å². The van der Waals surface area contributed by atoms with E-state index in [0.29, 0.717) is 30.4 Å². The first-order valence-electron chi connectivity index (χ1n) is 9.76. The van der Waals surface area contributed by atoms with Crippen LogP contribution in [-0.4, -0.2) is 64.7 Å². The monoisotopic (exact) mass is 407 g/mol. The second-order valence-corrected chi connectivity index (χ2v) is 7.28. The Bertz CT molecular complexity index is 1020. The second-order valence-electron chi connectivity index (χ2n) is 7.28. The van der Waals surface area contributed by atoms with E-state index in [1.807, 2.05) is 30.3 Å². The summed E-state index contributed by atoms with van der Waals surface area (Å²) in [6.45, 7) is 0.783. The van der Waals surface area contributed by atoms with Gasteiger partial charge in [0.15, 0.2) is 5.82 Å². The molecular formula is C21H21N5O4. The zero-order valence-corrected chi connectivity index (χ0v) is 16.3. The van der Waals surface area contributed by atoms with E-state index < -0.39 is 0 Å². The molecule has 2 fully saturated rings. The number of carbonyl (C=O) groups excluding carboxylic acids is 1. The Labute approximate surface area is 172 Å². The predicted molar refractivity (Wildman–Crippen MR) is 106 cm³/mol. The number of amides is 1. The average Bonchev–Trinajstić information content (AvgIpc) is 3.52. The highest BCUT2D eigenvalue weighted by atomic mass is 16.6. The fourth-order valence-corrected chi connectivity index (χ4v) is 4.00. The zero-order chi connectivity index (χ0) is 20.5. The van der Waals surface area contributed by atoms with Crippen LogP contribution in [0.3, 0.4) is 0 Å². The van der Waals surface area contributed by atoms with Gasteiger partial charge in [0.05, 0.1) is 26.4 Å². The molecule has 1 amide bonds. The lowest BCUT2D eigenvalue weighted by molar-refractivity contribution is 0.0615. The maximum Gasteiger partial charge on any atom is 0.251 e. The SMILES string of the molecule is COc1ccc(C(=O)N[C@@H]2CO[C@@H]3[C@@H]2OC[C@@H]3n2nnnc2-c2ccccc2)cc1. The molecule has 2 saturated heterocycles. The zero-order valence-electron chi connectivity index (χ0n) is 16.3. The van der Waals surface area contributed by atoms with Gasteiger partial charge >= 0.3 is 0 Å². The molecule has 30 heavy (non-hydrogen) atoms. The third kappa shape index (κ3) is 3.31. The molecule has 2 aliphatic rings. The number of carbonyl (C=O) groups is 1. The first-order chi connectivity index (χ1) is 14.7. The first-order valence-corrected chi connectivity index (χ1v) is 9.76. The van der Waals surface area contributed by atoms with Crippen LogP contribution in [0, 0.1) is 0 Å². The van der Waals surface area contributed by atoms with E-state index in [0.717, 1.165) is 5.56 Å². The Balaban J connectivity index is 1.30. The van der Waals surface area contributed by atoms with Crippen molar-refractivity contribution in [1.29, 1.82) is 0 Å². The van der Waals surface area contributed by atoms with Crippen LogP contribution in [-0.2, 0) is 9.47 Å². The minimum Gasteiger partial charge on any atom is -0.497 e. The lowest BCUT2D eigenvalue weighted by Crippen LogP contribution is -2.44. The summed E-state index contributed by atoms with van der Waals surface area (Å²) in [5.41, 5.74) is 1.48. The summed E-state index contributed by atoms with van der Waals surface area (Å²) in [7, 11) is 1.59. The normalized spacial score (nSPS) is 25.1. The Morgan fingerprint density at radius 3 is 2.60 bits per heavy atom. The van der Waals surface area contributed by atoms with Gasteiger partial charge in [-0.2, -0.15) is 0 Å². The van der Waals surface area contributed by atoms with Gasteiger partial charge in [-0.05, 0) is 34.7 Å². The number of benzene rings is 2. The highest BCUT2D eigenvalue weighted by Gasteiger charge is 2.50. The Morgan fingerprint density at radius 2 is 1.83 bits per heavy atom. The number of hydrogen-bond donors (Lipinski definition) is 1. The number of tetrazole rings is 1. The molecule has 3 aromatic rings. The first kappa shape index (κ1) is 18.7. The molecule has 2 aromatic carbocycles. The summed E-state index contributed by atoms with van der Waals surface area (Å²) < 4.78 is 18.9. The molecule has 0 aliphatic carbocycles. The minimum absolute atomic E-state index is 0.164. The van der Waals surface area contributed by atoms with Gasteiger partial charge in [-0.1, -0.05) is 30.3 Å². The molecule has 0 unspecified atom stereocenters. The maximum atomic E-state index is 12.6. The van der Waals surface area contributed by atoms with Crippen LogP contribution in [0.4, 0.5) is 0 Å². The van der Waals surface area contributed by atoms with E-state index in [4.69, 9.17) is 14.2 Å². The number of hydrogen-bond acceptors (Lipinski definition) is 7. The molecule has 5 rings (SSSR count). The Morgan fingerprint density at radius 1 is 1.07 bits per heavy atom. The van der Waals surface area contributed by atoms with Gasteiger partial charge in [0.1, 0.15) is 24.0 Å². The van der Waals surface area contributed by atoms with Crippen LogP contribution >= 0.6 is 0 Å². The number of fused-ring (bicyclic) bond motifs is 1. The van der Waals surface area contributed by atoms with E-state index in [-0.39, 0.29) is 30.2 Å². The van der Waals surface area contributed by atoms with Crippen LogP contribution in [0.25, 0.3) is 11.4 Å². The van der Waals surface area contributed by atoms with Crippen molar-refractivity contribution in [1.82, 2.24) is 25.5 Å². The van der Waals surface area contributed by atoms with E-state index in [1.54, 1.807) is 36.1 Å². The molecule has 2 aliphatic heterocycles. The summed E-state index contributed by atoms with van der Waals surface area (Å²) >= 11 is 0. The molecule has 0 spiro atoms. The van der Waals surface area contributed by atoms with Crippen LogP contribution in [0.5, 0.6) is 5.75 Å². The molecule has 0 saturated carbocycles. The topological polar surface area (TPSA) is 100 Å². The lowest BCUT2D eigenvalue weighted by atomic mass is 10.1. The van der Waals surface area contributed by atoms with Gasteiger partial charge in [-0.3, -0.25) is 4.79 Å². The van der Waals surface area contributed by atoms with Crippen molar-refractivity contribution in [3.05, 3.63) is 60.2 Å². The molecular weight excluding hydrogens is 386 g/mol. The molecule has 154 valence electrons. The summed E-state index contributed by atoms with van der Waals surface area (Å²) in [6, 6.07) is 16.3. The molecule has 1 N–H and O–H groups in total. The van der Waals surface area contributed by atoms with Crippen molar-refractivity contribution in [2.45, 2.75) is 24.3 Å². The van der Waals surface area contributed by atoms with Gasteiger partial charge in [-0.15, -0.1) is 5.10 Å². The van der Waals surface area contributed by atoms with E-state index in [1.165, 1.54) is 0 Å². The summed E-state index contributed by atoms with van der Waals surface area (Å²) in [5, 5.41) is 15.2. The molecule has 3 heterocycles. The standard InChI is InChI=1S/C21H21N5O4/c1-28-15-9-7-14(8-10-15)21(27)22-16-11-29-19-17(12-30-18(16)19)26-20(23-24-25-26)13-5-3-2-4-6-13/h2-10,16-19H,11-12H2,1H3,(H,22,27)/t16-,17+,18-,19+/m1/s1. The van der Waals surface area contributed by atoms with Crippen LogP contribution in [0.2, 0.25) is 0 Å². The van der Waals surface area contributed by atoms with E-state index >= 15 is 0 Å². The highest BCUT2D eigenvalue weighted by molar-refractivity contribution is 5.94. The molecule has 0 radical (unpaired) electrons. The maximum absolute atomic E-state index is 12.6. The van der Waals surface area contributed by atoms with Crippen molar-refractivity contribution in [3.8, 4) is 17.1 Å². The fraction of sp³-hybridized carbons (Fsp3) is 0.333. The number of methoxy groups -OCH3 is 1. The van der Waals surface area contributed by atoms with Crippen LogP contribution < -0.4 is 10.1 Å². The number of ether oxygens (including phenoxy) is 3. The van der Waals surface area contributed by atoms with Gasteiger partial charge in [-0.25, -0.2) is 4.68 Å². The summed E-state index contributed by atoms with van der Waals surface area (Å²) in [5.74, 6) is 1.19. The van der Waals surface area contributed by atoms with Crippen molar-refractivity contribution in [2.24, 2.45) is 0 Å². The summed E-state index contributed by atoms with van der Waals surface area (Å²) in [6.07, 6.45) is -0.498. The number of aromatic nitrogens is 4. The minimum atomic E-state index is -0.259. The van der Waals surface area contributed by atoms with E-state index in [2.05, 4.69) is 20.8 Å². The predicted octanol–water partition coefficient (Wildman–Crippen LogP) is 1.49. The van der Waals surface area contributed by atoms with Crippen molar-refractivity contribution >= 4 is 5.91 Å². The summed E-state index contributed by atoms with van der Waals surface area (Å²) in [4.78, 5) is 12.6. The van der Waals surface area contributed by atoms with Crippen molar-refractivity contribution in [3.63, 3.8) is 0 Å². The van der Waals surface area contributed by atoms with E-state index in [9.17, 15) is 4.79 Å². The third-order valence-corrected chi connectivity index (χ3v) is 5.53. The molecule has 9 nitrogen and oxygen atoms in total. The third-order valence-electron chi connectivity index (χ3n) is 5.53. The van der Waals surface area contributed by atoms with Crippen LogP contribution in [0.1, 0.15) is 16.4 Å². The number of nitrogens with zero attached hydrogens (tertiary/aromatic N) is 4. The average molecular weight is 407 g/mol. The molecule has 9 heteroatoms. The Kier molecular flexibility index (Phi) is 4.89. The van der Waals surface area contributed by atoms with Gasteiger partial charge in [0.25, 0.3) is 5.91 Å². The molecule has 4 atom stereocenters. The fourth-order valence-electron chi connectivity index (χ4n) is 4.00. The lowest BCUT2D eigenvalue weighted by Gasteiger charge is -2.18. The molecule has 1 aromatic heterocycles.